The average molecular weight is 265 g/mol. The van der Waals surface area contributed by atoms with Crippen LogP contribution in [0.4, 0.5) is 0 Å². The molecule has 1 aliphatic heterocycles. The van der Waals surface area contributed by atoms with Gasteiger partial charge >= 0.3 is 0 Å². The average Bonchev–Trinajstić information content (AvgIpc) is 2.28. The van der Waals surface area contributed by atoms with Gasteiger partial charge in [-0.25, -0.2) is 0 Å². The number of hydrogen-bond acceptors (Lipinski definition) is 3. The predicted octanol–water partition coefficient (Wildman–Crippen LogP) is 0.931. The molecule has 3 N–H and O–H groups in total. The maximum Gasteiger partial charge on any atom is 0.227 e. The van der Waals surface area contributed by atoms with Crippen molar-refractivity contribution >= 4 is 18.3 Å². The largest absolute Gasteiger partial charge is 0.396 e. The molecule has 1 heterocycles. The molecule has 0 aromatic carbocycles. The quantitative estimate of drug-likeness (QED) is 0.708. The lowest BCUT2D eigenvalue weighted by Gasteiger charge is -2.34. The summed E-state index contributed by atoms with van der Waals surface area (Å²) < 4.78 is 0. The molecular formula is C12H25ClN2O2. The van der Waals surface area contributed by atoms with Gasteiger partial charge in [-0.05, 0) is 39.2 Å². The molecule has 1 fully saturated rings. The van der Waals surface area contributed by atoms with Crippen molar-refractivity contribution in [2.75, 3.05) is 19.7 Å². The van der Waals surface area contributed by atoms with Crippen LogP contribution in [0.2, 0.25) is 0 Å². The second kappa shape index (κ2) is 7.19. The molecule has 1 amide bonds. The van der Waals surface area contributed by atoms with Crippen molar-refractivity contribution in [1.82, 2.24) is 10.6 Å². The SMILES string of the molecule is CC(CO)C(C)NC(=O)C1(C)CCCNC1.Cl. The highest BCUT2D eigenvalue weighted by Gasteiger charge is 2.35. The topological polar surface area (TPSA) is 61.4 Å². The summed E-state index contributed by atoms with van der Waals surface area (Å²) in [7, 11) is 0. The summed E-state index contributed by atoms with van der Waals surface area (Å²) in [6.07, 6.45) is 1.99. The Kier molecular flexibility index (Phi) is 7.05. The maximum atomic E-state index is 12.1. The van der Waals surface area contributed by atoms with Crippen molar-refractivity contribution in [3.05, 3.63) is 0 Å². The third-order valence-corrected chi connectivity index (χ3v) is 3.65. The molecule has 1 aliphatic rings. The van der Waals surface area contributed by atoms with Crippen LogP contribution in [-0.2, 0) is 4.79 Å². The highest BCUT2D eigenvalue weighted by atomic mass is 35.5. The van der Waals surface area contributed by atoms with Gasteiger partial charge in [0.25, 0.3) is 0 Å². The number of halogens is 1. The molecular weight excluding hydrogens is 240 g/mol. The van der Waals surface area contributed by atoms with Crippen molar-refractivity contribution in [2.24, 2.45) is 11.3 Å². The molecule has 0 radical (unpaired) electrons. The summed E-state index contributed by atoms with van der Waals surface area (Å²) in [6, 6.07) is 0.0243. The van der Waals surface area contributed by atoms with Crippen LogP contribution in [-0.4, -0.2) is 36.8 Å². The number of amides is 1. The van der Waals surface area contributed by atoms with Gasteiger partial charge in [0.05, 0.1) is 5.41 Å². The minimum absolute atomic E-state index is 0. The number of nitrogens with one attached hydrogen (secondary N) is 2. The van der Waals surface area contributed by atoms with Crippen LogP contribution in [0.15, 0.2) is 0 Å². The molecule has 0 spiro atoms. The Hall–Kier alpha value is -0.320. The number of aliphatic hydroxyl groups is 1. The van der Waals surface area contributed by atoms with E-state index in [4.69, 9.17) is 5.11 Å². The first-order chi connectivity index (χ1) is 7.49. The molecule has 1 rings (SSSR count). The summed E-state index contributed by atoms with van der Waals surface area (Å²) in [5.41, 5.74) is -0.290. The Morgan fingerprint density at radius 3 is 2.65 bits per heavy atom. The molecule has 4 nitrogen and oxygen atoms in total. The zero-order chi connectivity index (χ0) is 12.2. The fourth-order valence-electron chi connectivity index (χ4n) is 1.93. The molecule has 102 valence electrons. The van der Waals surface area contributed by atoms with Crippen molar-refractivity contribution < 1.29 is 9.90 Å². The summed E-state index contributed by atoms with van der Waals surface area (Å²) in [5, 5.41) is 15.3. The summed E-state index contributed by atoms with van der Waals surface area (Å²) in [5.74, 6) is 0.205. The lowest BCUT2D eigenvalue weighted by Crippen LogP contribution is -2.52. The van der Waals surface area contributed by atoms with E-state index < -0.39 is 0 Å². The van der Waals surface area contributed by atoms with Gasteiger partial charge in [0.2, 0.25) is 5.91 Å². The first-order valence-electron chi connectivity index (χ1n) is 6.12. The highest BCUT2D eigenvalue weighted by Crippen LogP contribution is 2.25. The van der Waals surface area contributed by atoms with Crippen LogP contribution in [0.25, 0.3) is 0 Å². The third kappa shape index (κ3) is 4.45. The lowest BCUT2D eigenvalue weighted by atomic mass is 9.81. The molecule has 0 aromatic rings. The van der Waals surface area contributed by atoms with Crippen molar-refractivity contribution in [3.63, 3.8) is 0 Å². The second-order valence-electron chi connectivity index (χ2n) is 5.26. The highest BCUT2D eigenvalue weighted by molar-refractivity contribution is 5.85. The van der Waals surface area contributed by atoms with Gasteiger partial charge in [0.1, 0.15) is 0 Å². The third-order valence-electron chi connectivity index (χ3n) is 3.65. The molecule has 0 saturated carbocycles. The Bertz CT molecular complexity index is 243. The minimum atomic E-state index is -0.290. The fourth-order valence-corrected chi connectivity index (χ4v) is 1.93. The standard InChI is InChI=1S/C12H24N2O2.ClH/c1-9(7-15)10(2)14-11(16)12(3)5-4-6-13-8-12;/h9-10,13,15H,4-8H2,1-3H3,(H,14,16);1H. The molecule has 1 saturated heterocycles. The number of hydrogen-bond donors (Lipinski definition) is 3. The summed E-state index contributed by atoms with van der Waals surface area (Å²) in [6.45, 7) is 7.75. The zero-order valence-corrected chi connectivity index (χ0v) is 11.8. The molecule has 3 atom stereocenters. The van der Waals surface area contributed by atoms with E-state index in [-0.39, 0.29) is 42.3 Å². The maximum absolute atomic E-state index is 12.1. The van der Waals surface area contributed by atoms with Gasteiger partial charge in [0.15, 0.2) is 0 Å². The Morgan fingerprint density at radius 1 is 1.53 bits per heavy atom. The smallest absolute Gasteiger partial charge is 0.227 e. The van der Waals surface area contributed by atoms with E-state index in [1.54, 1.807) is 0 Å². The molecule has 0 aromatic heterocycles. The Balaban J connectivity index is 0.00000256. The van der Waals surface area contributed by atoms with Gasteiger partial charge in [-0.3, -0.25) is 4.79 Å². The van der Waals surface area contributed by atoms with Gasteiger partial charge in [-0.1, -0.05) is 6.92 Å². The zero-order valence-electron chi connectivity index (χ0n) is 11.0. The number of rotatable bonds is 4. The van der Waals surface area contributed by atoms with E-state index in [0.29, 0.717) is 0 Å². The normalized spacial score (nSPS) is 27.8. The van der Waals surface area contributed by atoms with Crippen molar-refractivity contribution in [3.8, 4) is 0 Å². The molecule has 5 heteroatoms. The lowest BCUT2D eigenvalue weighted by molar-refractivity contribution is -0.132. The number of aliphatic hydroxyl groups excluding tert-OH is 1. The van der Waals surface area contributed by atoms with Crippen LogP contribution < -0.4 is 10.6 Å². The van der Waals surface area contributed by atoms with Crippen LogP contribution in [0, 0.1) is 11.3 Å². The van der Waals surface area contributed by atoms with E-state index in [1.165, 1.54) is 0 Å². The minimum Gasteiger partial charge on any atom is -0.396 e. The molecule has 0 bridgehead atoms. The van der Waals surface area contributed by atoms with E-state index >= 15 is 0 Å². The summed E-state index contributed by atoms with van der Waals surface area (Å²) in [4.78, 5) is 12.1. The van der Waals surface area contributed by atoms with E-state index in [0.717, 1.165) is 25.9 Å². The van der Waals surface area contributed by atoms with Crippen molar-refractivity contribution in [2.45, 2.75) is 39.7 Å². The van der Waals surface area contributed by atoms with Gasteiger partial charge in [0, 0.05) is 19.2 Å². The Labute approximate surface area is 110 Å². The monoisotopic (exact) mass is 264 g/mol. The molecule has 0 aliphatic carbocycles. The summed E-state index contributed by atoms with van der Waals surface area (Å²) >= 11 is 0. The second-order valence-corrected chi connectivity index (χ2v) is 5.26. The van der Waals surface area contributed by atoms with Crippen LogP contribution in [0.1, 0.15) is 33.6 Å². The van der Waals surface area contributed by atoms with E-state index in [2.05, 4.69) is 10.6 Å². The number of piperidine rings is 1. The number of carbonyl (C=O) groups excluding carboxylic acids is 1. The van der Waals surface area contributed by atoms with E-state index in [1.807, 2.05) is 20.8 Å². The predicted molar refractivity (Wildman–Crippen MR) is 71.3 cm³/mol. The molecule has 17 heavy (non-hydrogen) atoms. The van der Waals surface area contributed by atoms with Crippen LogP contribution in [0.3, 0.4) is 0 Å². The van der Waals surface area contributed by atoms with Crippen LogP contribution in [0.5, 0.6) is 0 Å². The molecule has 3 unspecified atom stereocenters. The van der Waals surface area contributed by atoms with Crippen molar-refractivity contribution in [1.29, 1.82) is 0 Å². The first-order valence-corrected chi connectivity index (χ1v) is 6.12. The van der Waals surface area contributed by atoms with Crippen LogP contribution >= 0.6 is 12.4 Å². The fraction of sp³-hybridized carbons (Fsp3) is 0.917. The van der Waals surface area contributed by atoms with E-state index in [9.17, 15) is 4.79 Å². The first kappa shape index (κ1) is 16.7. The van der Waals surface area contributed by atoms with Gasteiger partial charge in [-0.15, -0.1) is 12.4 Å². The van der Waals surface area contributed by atoms with Gasteiger partial charge < -0.3 is 15.7 Å². The Morgan fingerprint density at radius 2 is 2.18 bits per heavy atom. The number of carbonyl (C=O) groups is 1. The van der Waals surface area contributed by atoms with Gasteiger partial charge in [-0.2, -0.15) is 0 Å².